The van der Waals surface area contributed by atoms with E-state index in [0.717, 1.165) is 26.2 Å². The van der Waals surface area contributed by atoms with Gasteiger partial charge in [0.25, 0.3) is 0 Å². The molecule has 1 aliphatic heterocycles. The van der Waals surface area contributed by atoms with Crippen molar-refractivity contribution in [3.05, 3.63) is 35.9 Å². The van der Waals surface area contributed by atoms with Crippen LogP contribution >= 0.6 is 0 Å². The molecule has 1 heterocycles. The highest BCUT2D eigenvalue weighted by Gasteiger charge is 2.31. The first-order valence-corrected chi connectivity index (χ1v) is 8.06. The number of likely N-dealkylation sites (N-methyl/N-ethyl adjacent to an activating group) is 2. The fraction of sp³-hybridized carbons (Fsp3) is 0.667. The highest BCUT2D eigenvalue weighted by Crippen LogP contribution is 2.28. The lowest BCUT2D eigenvalue weighted by Crippen LogP contribution is -2.53. The molecule has 0 radical (unpaired) electrons. The van der Waals surface area contributed by atoms with Gasteiger partial charge in [-0.15, -0.1) is 0 Å². The zero-order valence-electron chi connectivity index (χ0n) is 14.3. The Kier molecular flexibility index (Phi) is 5.42. The predicted molar refractivity (Wildman–Crippen MR) is 90.6 cm³/mol. The van der Waals surface area contributed by atoms with E-state index in [-0.39, 0.29) is 5.41 Å². The minimum absolute atomic E-state index is 0.277. The van der Waals surface area contributed by atoms with E-state index in [0.29, 0.717) is 12.1 Å². The lowest BCUT2D eigenvalue weighted by molar-refractivity contribution is 0.0655. The summed E-state index contributed by atoms with van der Waals surface area (Å²) in [6.07, 6.45) is 0. The molecule has 0 aromatic heterocycles. The minimum Gasteiger partial charge on any atom is -0.315 e. The van der Waals surface area contributed by atoms with Crippen LogP contribution in [0.4, 0.5) is 0 Å². The lowest BCUT2D eigenvalue weighted by atomic mass is 9.86. The SMILES string of the molecule is CNC(CN1CCN(C)CC1c1ccccc1)C(C)(C)C. The van der Waals surface area contributed by atoms with Crippen molar-refractivity contribution in [2.45, 2.75) is 32.9 Å². The number of rotatable bonds is 4. The summed E-state index contributed by atoms with van der Waals surface area (Å²) in [6.45, 7) is 11.5. The molecule has 1 aromatic carbocycles. The fourth-order valence-electron chi connectivity index (χ4n) is 3.20. The molecule has 0 spiro atoms. The van der Waals surface area contributed by atoms with Crippen LogP contribution in [0.15, 0.2) is 30.3 Å². The van der Waals surface area contributed by atoms with Crippen molar-refractivity contribution >= 4 is 0 Å². The molecule has 0 saturated carbocycles. The van der Waals surface area contributed by atoms with E-state index < -0.39 is 0 Å². The molecular formula is C18H31N3. The number of benzene rings is 1. The van der Waals surface area contributed by atoms with Gasteiger partial charge in [0.2, 0.25) is 0 Å². The number of hydrogen-bond acceptors (Lipinski definition) is 3. The van der Waals surface area contributed by atoms with Crippen molar-refractivity contribution in [1.82, 2.24) is 15.1 Å². The summed E-state index contributed by atoms with van der Waals surface area (Å²) in [5, 5.41) is 3.52. The Bertz CT molecular complexity index is 424. The van der Waals surface area contributed by atoms with Gasteiger partial charge in [-0.25, -0.2) is 0 Å². The van der Waals surface area contributed by atoms with Gasteiger partial charge in [-0.3, -0.25) is 4.90 Å². The Balaban J connectivity index is 2.15. The third kappa shape index (κ3) is 4.29. The largest absolute Gasteiger partial charge is 0.315 e. The molecule has 0 aliphatic carbocycles. The van der Waals surface area contributed by atoms with Crippen LogP contribution in [0, 0.1) is 5.41 Å². The highest BCUT2D eigenvalue weighted by molar-refractivity contribution is 5.20. The number of hydrogen-bond donors (Lipinski definition) is 1. The van der Waals surface area contributed by atoms with Gasteiger partial charge < -0.3 is 10.2 Å². The van der Waals surface area contributed by atoms with E-state index >= 15 is 0 Å². The number of nitrogens with one attached hydrogen (secondary N) is 1. The van der Waals surface area contributed by atoms with Crippen LogP contribution in [0.25, 0.3) is 0 Å². The molecular weight excluding hydrogens is 258 g/mol. The van der Waals surface area contributed by atoms with Crippen LogP contribution in [0.1, 0.15) is 32.4 Å². The topological polar surface area (TPSA) is 18.5 Å². The molecule has 2 unspecified atom stereocenters. The van der Waals surface area contributed by atoms with Crippen LogP contribution in [-0.2, 0) is 0 Å². The summed E-state index contributed by atoms with van der Waals surface area (Å²) in [5.74, 6) is 0. The molecule has 3 heteroatoms. The van der Waals surface area contributed by atoms with Crippen molar-refractivity contribution in [3.63, 3.8) is 0 Å². The van der Waals surface area contributed by atoms with Crippen molar-refractivity contribution in [1.29, 1.82) is 0 Å². The van der Waals surface area contributed by atoms with Gasteiger partial charge in [0, 0.05) is 38.3 Å². The summed E-state index contributed by atoms with van der Waals surface area (Å²) in [5.41, 5.74) is 1.71. The molecule has 1 aromatic rings. The van der Waals surface area contributed by atoms with E-state index in [9.17, 15) is 0 Å². The molecule has 2 atom stereocenters. The van der Waals surface area contributed by atoms with Crippen LogP contribution < -0.4 is 5.32 Å². The third-order valence-electron chi connectivity index (χ3n) is 4.69. The van der Waals surface area contributed by atoms with Crippen LogP contribution in [-0.4, -0.2) is 56.1 Å². The van der Waals surface area contributed by atoms with Gasteiger partial charge in [0.1, 0.15) is 0 Å². The van der Waals surface area contributed by atoms with Crippen molar-refractivity contribution < 1.29 is 0 Å². The van der Waals surface area contributed by atoms with Crippen molar-refractivity contribution in [2.24, 2.45) is 5.41 Å². The van der Waals surface area contributed by atoms with Gasteiger partial charge in [0.05, 0.1) is 0 Å². The Morgan fingerprint density at radius 2 is 1.86 bits per heavy atom. The van der Waals surface area contributed by atoms with Gasteiger partial charge in [-0.05, 0) is 25.1 Å². The van der Waals surface area contributed by atoms with Crippen LogP contribution in [0.3, 0.4) is 0 Å². The zero-order chi connectivity index (χ0) is 15.5. The maximum Gasteiger partial charge on any atom is 0.0476 e. The third-order valence-corrected chi connectivity index (χ3v) is 4.69. The predicted octanol–water partition coefficient (Wildman–Crippen LogP) is 2.61. The van der Waals surface area contributed by atoms with Crippen molar-refractivity contribution in [3.8, 4) is 0 Å². The summed E-state index contributed by atoms with van der Waals surface area (Å²) >= 11 is 0. The van der Waals surface area contributed by atoms with E-state index in [1.165, 1.54) is 5.56 Å². The number of piperazine rings is 1. The molecule has 1 aliphatic rings. The second kappa shape index (κ2) is 6.91. The first-order chi connectivity index (χ1) is 9.91. The second-order valence-electron chi connectivity index (χ2n) is 7.39. The molecule has 3 nitrogen and oxygen atoms in total. The molecule has 2 rings (SSSR count). The average molecular weight is 289 g/mol. The zero-order valence-corrected chi connectivity index (χ0v) is 14.3. The van der Waals surface area contributed by atoms with Gasteiger partial charge >= 0.3 is 0 Å². The van der Waals surface area contributed by atoms with E-state index in [1.54, 1.807) is 0 Å². The van der Waals surface area contributed by atoms with Crippen LogP contribution in [0.2, 0.25) is 0 Å². The number of nitrogens with zero attached hydrogens (tertiary/aromatic N) is 2. The first-order valence-electron chi connectivity index (χ1n) is 8.06. The molecule has 118 valence electrons. The quantitative estimate of drug-likeness (QED) is 0.919. The van der Waals surface area contributed by atoms with Gasteiger partial charge in [-0.2, -0.15) is 0 Å². The van der Waals surface area contributed by atoms with Crippen LogP contribution in [0.5, 0.6) is 0 Å². The summed E-state index contributed by atoms with van der Waals surface area (Å²) < 4.78 is 0. The molecule has 0 bridgehead atoms. The molecule has 1 saturated heterocycles. The smallest absolute Gasteiger partial charge is 0.0476 e. The standard InChI is InChI=1S/C18H31N3/c1-18(2,3)17(19-4)14-21-12-11-20(5)13-16(21)15-9-7-6-8-10-15/h6-10,16-17,19H,11-14H2,1-5H3. The fourth-order valence-corrected chi connectivity index (χ4v) is 3.20. The van der Waals surface area contributed by atoms with E-state index in [1.807, 2.05) is 0 Å². The molecule has 21 heavy (non-hydrogen) atoms. The maximum absolute atomic E-state index is 3.52. The Morgan fingerprint density at radius 1 is 1.19 bits per heavy atom. The van der Waals surface area contributed by atoms with E-state index in [4.69, 9.17) is 0 Å². The van der Waals surface area contributed by atoms with Crippen molar-refractivity contribution in [2.75, 3.05) is 40.3 Å². The van der Waals surface area contributed by atoms with Gasteiger partial charge in [0.15, 0.2) is 0 Å². The Labute approximate surface area is 130 Å². The monoisotopic (exact) mass is 289 g/mol. The lowest BCUT2D eigenvalue weighted by Gasteiger charge is -2.44. The molecule has 1 fully saturated rings. The van der Waals surface area contributed by atoms with Gasteiger partial charge in [-0.1, -0.05) is 51.1 Å². The van der Waals surface area contributed by atoms with E-state index in [2.05, 4.69) is 80.3 Å². The average Bonchev–Trinajstić information content (AvgIpc) is 2.45. The molecule has 0 amide bonds. The minimum atomic E-state index is 0.277. The summed E-state index contributed by atoms with van der Waals surface area (Å²) in [7, 11) is 4.32. The second-order valence-corrected chi connectivity index (χ2v) is 7.39. The normalized spacial score (nSPS) is 23.2. The Hall–Kier alpha value is -0.900. The first kappa shape index (κ1) is 16.5. The summed E-state index contributed by atoms with van der Waals surface area (Å²) in [4.78, 5) is 5.10. The highest BCUT2D eigenvalue weighted by atomic mass is 15.3. The summed E-state index contributed by atoms with van der Waals surface area (Å²) in [6, 6.07) is 12.0. The maximum atomic E-state index is 3.52. The molecule has 1 N–H and O–H groups in total. The Morgan fingerprint density at radius 3 is 2.43 bits per heavy atom.